The Morgan fingerprint density at radius 1 is 1.54 bits per heavy atom. The van der Waals surface area contributed by atoms with Gasteiger partial charge in [0, 0.05) is 11.6 Å². The van der Waals surface area contributed by atoms with Crippen LogP contribution in [0.15, 0.2) is 12.1 Å². The van der Waals surface area contributed by atoms with Crippen LogP contribution in [-0.2, 0) is 0 Å². The van der Waals surface area contributed by atoms with Crippen LogP contribution in [0, 0.1) is 5.82 Å². The summed E-state index contributed by atoms with van der Waals surface area (Å²) in [6.45, 7) is 1.78. The molecule has 0 aliphatic rings. The number of ether oxygens (including phenoxy) is 1. The Hall–Kier alpha value is -0.800. The van der Waals surface area contributed by atoms with Gasteiger partial charge in [-0.05, 0) is 13.0 Å². The molecule has 13 heavy (non-hydrogen) atoms. The van der Waals surface area contributed by atoms with Crippen molar-refractivity contribution in [2.45, 2.75) is 13.0 Å². The number of hydrogen-bond acceptors (Lipinski definition) is 2. The molecule has 1 aromatic rings. The van der Waals surface area contributed by atoms with Crippen molar-refractivity contribution in [2.75, 3.05) is 7.11 Å². The van der Waals surface area contributed by atoms with Gasteiger partial charge in [0.05, 0.1) is 7.11 Å². The summed E-state index contributed by atoms with van der Waals surface area (Å²) in [5.41, 5.74) is 6.35. The summed E-state index contributed by atoms with van der Waals surface area (Å²) in [6, 6.07) is 2.63. The maximum atomic E-state index is 13.0. The van der Waals surface area contributed by atoms with E-state index in [0.29, 0.717) is 11.3 Å². The van der Waals surface area contributed by atoms with E-state index in [1.807, 2.05) is 0 Å². The van der Waals surface area contributed by atoms with Gasteiger partial charge < -0.3 is 10.5 Å². The van der Waals surface area contributed by atoms with Gasteiger partial charge in [-0.15, -0.1) is 0 Å². The molecule has 0 aliphatic heterocycles. The van der Waals surface area contributed by atoms with E-state index in [-0.39, 0.29) is 11.1 Å². The quantitative estimate of drug-likeness (QED) is 0.802. The molecule has 1 aromatic carbocycles. The molecule has 4 heteroatoms. The molecule has 0 saturated heterocycles. The topological polar surface area (TPSA) is 35.2 Å². The van der Waals surface area contributed by atoms with Crippen molar-refractivity contribution < 1.29 is 9.13 Å². The van der Waals surface area contributed by atoms with Crippen LogP contribution in [0.25, 0.3) is 0 Å². The number of benzene rings is 1. The molecular formula is C9H11ClFNO. The Morgan fingerprint density at radius 2 is 2.15 bits per heavy atom. The molecule has 0 amide bonds. The number of methoxy groups -OCH3 is 1. The number of halogens is 2. The molecule has 1 atom stereocenters. The van der Waals surface area contributed by atoms with E-state index in [2.05, 4.69) is 0 Å². The third-order valence-corrected chi connectivity index (χ3v) is 2.13. The molecule has 2 N–H and O–H groups in total. The van der Waals surface area contributed by atoms with Crippen molar-refractivity contribution in [1.82, 2.24) is 0 Å². The smallest absolute Gasteiger partial charge is 0.145 e. The van der Waals surface area contributed by atoms with E-state index >= 15 is 0 Å². The molecular weight excluding hydrogens is 193 g/mol. The monoisotopic (exact) mass is 203 g/mol. The summed E-state index contributed by atoms with van der Waals surface area (Å²) < 4.78 is 17.9. The SMILES string of the molecule is COc1c(C(C)N)ccc(F)c1Cl. The van der Waals surface area contributed by atoms with E-state index in [0.717, 1.165) is 0 Å². The molecule has 0 saturated carbocycles. The molecule has 1 unspecified atom stereocenters. The fourth-order valence-corrected chi connectivity index (χ4v) is 1.36. The van der Waals surface area contributed by atoms with Gasteiger partial charge in [-0.1, -0.05) is 17.7 Å². The van der Waals surface area contributed by atoms with Gasteiger partial charge in [0.25, 0.3) is 0 Å². The lowest BCUT2D eigenvalue weighted by Gasteiger charge is -2.13. The first-order chi connectivity index (χ1) is 6.07. The minimum Gasteiger partial charge on any atom is -0.495 e. The molecule has 0 aliphatic carbocycles. The zero-order valence-electron chi connectivity index (χ0n) is 7.47. The van der Waals surface area contributed by atoms with Gasteiger partial charge in [-0.3, -0.25) is 0 Å². The normalized spacial score (nSPS) is 12.7. The molecule has 0 heterocycles. The van der Waals surface area contributed by atoms with E-state index in [9.17, 15) is 4.39 Å². The molecule has 0 bridgehead atoms. The molecule has 72 valence electrons. The van der Waals surface area contributed by atoms with Crippen LogP contribution in [0.3, 0.4) is 0 Å². The summed E-state index contributed by atoms with van der Waals surface area (Å²) in [7, 11) is 1.44. The third kappa shape index (κ3) is 1.92. The lowest BCUT2D eigenvalue weighted by molar-refractivity contribution is 0.403. The van der Waals surface area contributed by atoms with Gasteiger partial charge in [0.1, 0.15) is 16.6 Å². The second-order valence-electron chi connectivity index (χ2n) is 2.77. The predicted molar refractivity (Wildman–Crippen MR) is 50.6 cm³/mol. The van der Waals surface area contributed by atoms with Crippen LogP contribution in [-0.4, -0.2) is 7.11 Å². The first-order valence-electron chi connectivity index (χ1n) is 3.85. The maximum Gasteiger partial charge on any atom is 0.145 e. The zero-order valence-corrected chi connectivity index (χ0v) is 8.23. The average molecular weight is 204 g/mol. The zero-order chi connectivity index (χ0) is 10.0. The van der Waals surface area contributed by atoms with Gasteiger partial charge in [-0.2, -0.15) is 0 Å². The van der Waals surface area contributed by atoms with Crippen LogP contribution < -0.4 is 10.5 Å². The second-order valence-corrected chi connectivity index (χ2v) is 3.15. The summed E-state index contributed by atoms with van der Waals surface area (Å²) in [6.07, 6.45) is 0. The predicted octanol–water partition coefficient (Wildman–Crippen LogP) is 2.51. The van der Waals surface area contributed by atoms with Crippen LogP contribution in [0.5, 0.6) is 5.75 Å². The van der Waals surface area contributed by atoms with Gasteiger partial charge >= 0.3 is 0 Å². The second kappa shape index (κ2) is 3.94. The molecule has 0 radical (unpaired) electrons. The summed E-state index contributed by atoms with van der Waals surface area (Å²) in [4.78, 5) is 0. The van der Waals surface area contributed by atoms with E-state index in [4.69, 9.17) is 22.1 Å². The fourth-order valence-electron chi connectivity index (χ4n) is 1.11. The average Bonchev–Trinajstić information content (AvgIpc) is 2.09. The van der Waals surface area contributed by atoms with E-state index in [1.165, 1.54) is 13.2 Å². The molecule has 0 aromatic heterocycles. The van der Waals surface area contributed by atoms with E-state index < -0.39 is 5.82 Å². The number of rotatable bonds is 2. The first-order valence-corrected chi connectivity index (χ1v) is 4.23. The highest BCUT2D eigenvalue weighted by Gasteiger charge is 2.14. The largest absolute Gasteiger partial charge is 0.495 e. The number of hydrogen-bond donors (Lipinski definition) is 1. The van der Waals surface area contributed by atoms with Crippen LogP contribution in [0.4, 0.5) is 4.39 Å². The van der Waals surface area contributed by atoms with Crippen molar-refractivity contribution in [3.63, 3.8) is 0 Å². The minimum absolute atomic E-state index is 0.0164. The van der Waals surface area contributed by atoms with Gasteiger partial charge in [-0.25, -0.2) is 4.39 Å². The Kier molecular flexibility index (Phi) is 3.12. The number of nitrogens with two attached hydrogens (primary N) is 1. The van der Waals surface area contributed by atoms with Crippen molar-refractivity contribution >= 4 is 11.6 Å². The summed E-state index contributed by atoms with van der Waals surface area (Å²) in [5.74, 6) is -0.181. The van der Waals surface area contributed by atoms with Crippen molar-refractivity contribution in [3.8, 4) is 5.75 Å². The van der Waals surface area contributed by atoms with E-state index in [1.54, 1.807) is 13.0 Å². The lowest BCUT2D eigenvalue weighted by Crippen LogP contribution is -2.07. The minimum atomic E-state index is -0.497. The van der Waals surface area contributed by atoms with Crippen molar-refractivity contribution in [3.05, 3.63) is 28.5 Å². The van der Waals surface area contributed by atoms with Crippen LogP contribution in [0.2, 0.25) is 5.02 Å². The summed E-state index contributed by atoms with van der Waals surface area (Å²) in [5, 5.41) is -0.0164. The van der Waals surface area contributed by atoms with Crippen molar-refractivity contribution in [2.24, 2.45) is 5.73 Å². The van der Waals surface area contributed by atoms with Crippen molar-refractivity contribution in [1.29, 1.82) is 0 Å². The molecule has 0 fully saturated rings. The molecule has 2 nitrogen and oxygen atoms in total. The van der Waals surface area contributed by atoms with Crippen LogP contribution >= 0.6 is 11.6 Å². The Morgan fingerprint density at radius 3 is 2.62 bits per heavy atom. The Balaban J connectivity index is 3.30. The highest BCUT2D eigenvalue weighted by Crippen LogP contribution is 2.33. The highest BCUT2D eigenvalue weighted by molar-refractivity contribution is 6.32. The first kappa shape index (κ1) is 10.3. The Labute approximate surface area is 81.4 Å². The van der Waals surface area contributed by atoms with Gasteiger partial charge in [0.15, 0.2) is 0 Å². The van der Waals surface area contributed by atoms with Crippen LogP contribution in [0.1, 0.15) is 18.5 Å². The Bertz CT molecular complexity index is 315. The fraction of sp³-hybridized carbons (Fsp3) is 0.333. The lowest BCUT2D eigenvalue weighted by atomic mass is 10.1. The highest BCUT2D eigenvalue weighted by atomic mass is 35.5. The maximum absolute atomic E-state index is 13.0. The third-order valence-electron chi connectivity index (χ3n) is 1.78. The standard InChI is InChI=1S/C9H11ClFNO/c1-5(12)6-3-4-7(11)8(10)9(6)13-2/h3-5H,12H2,1-2H3. The summed E-state index contributed by atoms with van der Waals surface area (Å²) >= 11 is 5.69. The molecule has 0 spiro atoms. The van der Waals surface area contributed by atoms with Gasteiger partial charge in [0.2, 0.25) is 0 Å². The molecule has 1 rings (SSSR count).